The number of rotatable bonds is 4. The molecule has 116 valence electrons. The van der Waals surface area contributed by atoms with Gasteiger partial charge in [-0.05, 0) is 30.5 Å². The SMILES string of the molecule is CS(=O)(=O)N1CCCC(NC(=O)Cc2ccc(F)cc2)C1. The smallest absolute Gasteiger partial charge is 0.224 e. The molecule has 1 aliphatic heterocycles. The molecule has 1 aromatic carbocycles. The predicted molar refractivity (Wildman–Crippen MR) is 77.7 cm³/mol. The van der Waals surface area contributed by atoms with Crippen molar-refractivity contribution in [2.75, 3.05) is 19.3 Å². The molecule has 0 spiro atoms. The number of benzene rings is 1. The second-order valence-electron chi connectivity index (χ2n) is 5.33. The Labute approximate surface area is 124 Å². The molecule has 5 nitrogen and oxygen atoms in total. The van der Waals surface area contributed by atoms with Gasteiger partial charge in [-0.2, -0.15) is 0 Å². The van der Waals surface area contributed by atoms with Crippen LogP contribution < -0.4 is 5.32 Å². The molecule has 0 bridgehead atoms. The summed E-state index contributed by atoms with van der Waals surface area (Å²) in [5, 5.41) is 2.85. The molecule has 0 radical (unpaired) electrons. The number of hydrogen-bond acceptors (Lipinski definition) is 3. The van der Waals surface area contributed by atoms with Crippen LogP contribution in [0.5, 0.6) is 0 Å². The molecule has 2 rings (SSSR count). The number of hydrogen-bond donors (Lipinski definition) is 1. The molecule has 1 heterocycles. The lowest BCUT2D eigenvalue weighted by Crippen LogP contribution is -2.49. The molecular formula is C14H19FN2O3S. The van der Waals surface area contributed by atoms with Crippen molar-refractivity contribution >= 4 is 15.9 Å². The number of nitrogens with zero attached hydrogens (tertiary/aromatic N) is 1. The van der Waals surface area contributed by atoms with Crippen LogP contribution >= 0.6 is 0 Å². The number of amides is 1. The van der Waals surface area contributed by atoms with Crippen molar-refractivity contribution < 1.29 is 17.6 Å². The summed E-state index contributed by atoms with van der Waals surface area (Å²) in [5.41, 5.74) is 0.727. The van der Waals surface area contributed by atoms with Crippen LogP contribution in [0.1, 0.15) is 18.4 Å². The van der Waals surface area contributed by atoms with Crippen molar-refractivity contribution in [2.45, 2.75) is 25.3 Å². The van der Waals surface area contributed by atoms with Crippen LogP contribution in [0.2, 0.25) is 0 Å². The molecule has 7 heteroatoms. The van der Waals surface area contributed by atoms with Gasteiger partial charge in [-0.1, -0.05) is 12.1 Å². The van der Waals surface area contributed by atoms with Crippen LogP contribution in [0.4, 0.5) is 4.39 Å². The van der Waals surface area contributed by atoms with Gasteiger partial charge in [0.25, 0.3) is 0 Å². The van der Waals surface area contributed by atoms with E-state index in [2.05, 4.69) is 5.32 Å². The minimum absolute atomic E-state index is 0.162. The summed E-state index contributed by atoms with van der Waals surface area (Å²) in [7, 11) is -3.22. The van der Waals surface area contributed by atoms with Crippen LogP contribution in [0.3, 0.4) is 0 Å². The zero-order valence-electron chi connectivity index (χ0n) is 11.9. The van der Waals surface area contributed by atoms with Crippen molar-refractivity contribution in [3.05, 3.63) is 35.6 Å². The van der Waals surface area contributed by atoms with Gasteiger partial charge in [0, 0.05) is 19.1 Å². The standard InChI is InChI=1S/C14H19FN2O3S/c1-21(19,20)17-8-2-3-13(10-17)16-14(18)9-11-4-6-12(15)7-5-11/h4-7,13H,2-3,8-10H2,1H3,(H,16,18). The van der Waals surface area contributed by atoms with Gasteiger partial charge in [0.15, 0.2) is 0 Å². The van der Waals surface area contributed by atoms with Crippen LogP contribution in [0.15, 0.2) is 24.3 Å². The minimum Gasteiger partial charge on any atom is -0.352 e. The van der Waals surface area contributed by atoms with Crippen LogP contribution in [-0.4, -0.2) is 44.0 Å². The summed E-state index contributed by atoms with van der Waals surface area (Å²) >= 11 is 0. The Morgan fingerprint density at radius 3 is 2.67 bits per heavy atom. The normalized spacial score (nSPS) is 20.2. The van der Waals surface area contributed by atoms with Crippen molar-refractivity contribution in [1.29, 1.82) is 0 Å². The fraction of sp³-hybridized carbons (Fsp3) is 0.500. The van der Waals surface area contributed by atoms with E-state index in [1.807, 2.05) is 0 Å². The van der Waals surface area contributed by atoms with Gasteiger partial charge in [-0.25, -0.2) is 17.1 Å². The Morgan fingerprint density at radius 1 is 1.38 bits per heavy atom. The number of piperidine rings is 1. The van der Waals surface area contributed by atoms with Crippen LogP contribution in [0, 0.1) is 5.82 Å². The first kappa shape index (κ1) is 15.9. The monoisotopic (exact) mass is 314 g/mol. The summed E-state index contributed by atoms with van der Waals surface area (Å²) in [5.74, 6) is -0.516. The van der Waals surface area contributed by atoms with E-state index in [9.17, 15) is 17.6 Å². The largest absolute Gasteiger partial charge is 0.352 e. The molecule has 21 heavy (non-hydrogen) atoms. The maximum Gasteiger partial charge on any atom is 0.224 e. The maximum absolute atomic E-state index is 12.8. The number of nitrogens with one attached hydrogen (secondary N) is 1. The molecule has 0 aromatic heterocycles. The van der Waals surface area contributed by atoms with E-state index < -0.39 is 10.0 Å². The fourth-order valence-corrected chi connectivity index (χ4v) is 3.34. The lowest BCUT2D eigenvalue weighted by atomic mass is 10.1. The average Bonchev–Trinajstić information content (AvgIpc) is 2.41. The maximum atomic E-state index is 12.8. The van der Waals surface area contributed by atoms with E-state index in [1.54, 1.807) is 12.1 Å². The Balaban J connectivity index is 1.89. The van der Waals surface area contributed by atoms with Gasteiger partial charge in [0.1, 0.15) is 5.82 Å². The zero-order chi connectivity index (χ0) is 15.5. The molecule has 1 saturated heterocycles. The molecule has 1 aromatic rings. The van der Waals surface area contributed by atoms with Gasteiger partial charge < -0.3 is 5.32 Å². The summed E-state index contributed by atoms with van der Waals surface area (Å²) in [6.45, 7) is 0.817. The fourth-order valence-electron chi connectivity index (χ4n) is 2.43. The second-order valence-corrected chi connectivity index (χ2v) is 7.31. The topological polar surface area (TPSA) is 66.5 Å². The van der Waals surface area contributed by atoms with Crippen molar-refractivity contribution in [3.63, 3.8) is 0 Å². The Morgan fingerprint density at radius 2 is 2.05 bits per heavy atom. The average molecular weight is 314 g/mol. The zero-order valence-corrected chi connectivity index (χ0v) is 12.7. The summed E-state index contributed by atoms with van der Waals surface area (Å²) in [4.78, 5) is 11.9. The van der Waals surface area contributed by atoms with Gasteiger partial charge in [-0.15, -0.1) is 0 Å². The van der Waals surface area contributed by atoms with E-state index in [0.29, 0.717) is 13.1 Å². The molecule has 1 unspecified atom stereocenters. The van der Waals surface area contributed by atoms with E-state index >= 15 is 0 Å². The highest BCUT2D eigenvalue weighted by molar-refractivity contribution is 7.88. The Bertz CT molecular complexity index is 601. The summed E-state index contributed by atoms with van der Waals surface area (Å²) in [6.07, 6.45) is 2.83. The number of carbonyl (C=O) groups is 1. The van der Waals surface area contributed by atoms with E-state index in [-0.39, 0.29) is 24.2 Å². The molecule has 1 atom stereocenters. The molecule has 1 amide bonds. The summed E-state index contributed by atoms with van der Waals surface area (Å²) < 4.78 is 37.2. The highest BCUT2D eigenvalue weighted by atomic mass is 32.2. The number of sulfonamides is 1. The van der Waals surface area contributed by atoms with E-state index in [0.717, 1.165) is 18.4 Å². The third kappa shape index (κ3) is 4.78. The quantitative estimate of drug-likeness (QED) is 0.898. The van der Waals surface area contributed by atoms with Crippen molar-refractivity contribution in [2.24, 2.45) is 0 Å². The van der Waals surface area contributed by atoms with Crippen LogP contribution in [0.25, 0.3) is 0 Å². The van der Waals surface area contributed by atoms with E-state index in [1.165, 1.54) is 22.7 Å². The third-order valence-corrected chi connectivity index (χ3v) is 4.77. The molecule has 1 fully saturated rings. The molecular weight excluding hydrogens is 295 g/mol. The third-order valence-electron chi connectivity index (χ3n) is 3.50. The highest BCUT2D eigenvalue weighted by Gasteiger charge is 2.26. The minimum atomic E-state index is -3.22. The first-order valence-electron chi connectivity index (χ1n) is 6.83. The molecule has 1 aliphatic rings. The van der Waals surface area contributed by atoms with Crippen molar-refractivity contribution in [3.8, 4) is 0 Å². The van der Waals surface area contributed by atoms with Gasteiger partial charge in [0.05, 0.1) is 12.7 Å². The first-order chi connectivity index (χ1) is 9.84. The Kier molecular flexibility index (Phi) is 4.95. The molecule has 1 N–H and O–H groups in total. The lowest BCUT2D eigenvalue weighted by molar-refractivity contribution is -0.121. The summed E-state index contributed by atoms with van der Waals surface area (Å²) in [6, 6.07) is 5.60. The molecule has 0 aliphatic carbocycles. The van der Waals surface area contributed by atoms with E-state index in [4.69, 9.17) is 0 Å². The van der Waals surface area contributed by atoms with Crippen molar-refractivity contribution in [1.82, 2.24) is 9.62 Å². The predicted octanol–water partition coefficient (Wildman–Crippen LogP) is 0.908. The number of carbonyl (C=O) groups excluding carboxylic acids is 1. The second kappa shape index (κ2) is 6.53. The van der Waals surface area contributed by atoms with Crippen LogP contribution in [-0.2, 0) is 21.2 Å². The van der Waals surface area contributed by atoms with Gasteiger partial charge >= 0.3 is 0 Å². The van der Waals surface area contributed by atoms with Gasteiger partial charge in [-0.3, -0.25) is 4.79 Å². The first-order valence-corrected chi connectivity index (χ1v) is 8.68. The highest BCUT2D eigenvalue weighted by Crippen LogP contribution is 2.13. The van der Waals surface area contributed by atoms with Gasteiger partial charge in [0.2, 0.25) is 15.9 Å². The lowest BCUT2D eigenvalue weighted by Gasteiger charge is -2.31. The number of halogens is 1. The molecule has 0 saturated carbocycles. The Hall–Kier alpha value is -1.47.